The number of carbonyl (C=O) groups excluding carboxylic acids is 3. The zero-order valence-electron chi connectivity index (χ0n) is 17.1. The number of carbonyl (C=O) groups is 3. The third-order valence-corrected chi connectivity index (χ3v) is 6.20. The largest absolute Gasteiger partial charge is 0.325 e. The van der Waals surface area contributed by atoms with Crippen molar-refractivity contribution in [3.8, 4) is 0 Å². The monoisotopic (exact) mass is 444 g/mol. The second-order valence-electron chi connectivity index (χ2n) is 8.07. The summed E-state index contributed by atoms with van der Waals surface area (Å²) in [6.07, 6.45) is 6.80. The van der Waals surface area contributed by atoms with Crippen LogP contribution in [0.4, 0.5) is 10.7 Å². The molecule has 1 unspecified atom stereocenters. The Morgan fingerprint density at radius 1 is 1.23 bits per heavy atom. The molecule has 0 spiro atoms. The van der Waals surface area contributed by atoms with E-state index in [2.05, 4.69) is 25.8 Å². The maximum absolute atomic E-state index is 12.6. The molecule has 9 nitrogen and oxygen atoms in total. The van der Waals surface area contributed by atoms with Crippen molar-refractivity contribution >= 4 is 35.4 Å². The summed E-state index contributed by atoms with van der Waals surface area (Å²) in [7, 11) is 0. The standard InChI is InChI=1S/C21H25ClN6O3/c22-15-8-4-3-7-14(15)12-28-19(30)16(23-21(28)31)11-18(29)25-20-24-17(26-27-20)10-9-13-5-1-2-6-13/h3-4,7-8,13,16H,1-2,5-6,9-12H2,(H,23,31)(H2,24,25,26,27,29). The van der Waals surface area contributed by atoms with Crippen LogP contribution in [-0.2, 0) is 22.6 Å². The van der Waals surface area contributed by atoms with E-state index in [9.17, 15) is 14.4 Å². The van der Waals surface area contributed by atoms with E-state index in [0.29, 0.717) is 10.6 Å². The number of aryl methyl sites for hydroxylation is 1. The maximum atomic E-state index is 12.6. The lowest BCUT2D eigenvalue weighted by Gasteiger charge is -2.14. The summed E-state index contributed by atoms with van der Waals surface area (Å²) in [6, 6.07) is 5.51. The van der Waals surface area contributed by atoms with Crippen LogP contribution in [0.25, 0.3) is 0 Å². The Labute approximate surface area is 184 Å². The lowest BCUT2D eigenvalue weighted by atomic mass is 10.0. The lowest BCUT2D eigenvalue weighted by molar-refractivity contribution is -0.130. The summed E-state index contributed by atoms with van der Waals surface area (Å²) >= 11 is 6.12. The average molecular weight is 445 g/mol. The second kappa shape index (κ2) is 9.47. The SMILES string of the molecule is O=C(CC1NC(=O)N(Cc2ccccc2Cl)C1=O)Nc1n[nH]c(CCC2CCCC2)n1. The molecule has 2 fully saturated rings. The number of anilines is 1. The highest BCUT2D eigenvalue weighted by atomic mass is 35.5. The van der Waals surface area contributed by atoms with Crippen LogP contribution in [0.2, 0.25) is 5.02 Å². The minimum atomic E-state index is -0.934. The summed E-state index contributed by atoms with van der Waals surface area (Å²) in [4.78, 5) is 42.6. The summed E-state index contributed by atoms with van der Waals surface area (Å²) < 4.78 is 0. The normalized spacial score (nSPS) is 19.1. The number of aromatic nitrogens is 3. The number of halogens is 1. The van der Waals surface area contributed by atoms with Crippen molar-refractivity contribution < 1.29 is 14.4 Å². The molecule has 1 atom stereocenters. The Kier molecular flexibility index (Phi) is 6.50. The third-order valence-electron chi connectivity index (χ3n) is 5.83. The van der Waals surface area contributed by atoms with Crippen LogP contribution in [0.3, 0.4) is 0 Å². The molecule has 2 aromatic rings. The molecule has 2 heterocycles. The van der Waals surface area contributed by atoms with Crippen molar-refractivity contribution in [1.29, 1.82) is 0 Å². The van der Waals surface area contributed by atoms with E-state index in [0.717, 1.165) is 29.5 Å². The quantitative estimate of drug-likeness (QED) is 0.540. The summed E-state index contributed by atoms with van der Waals surface area (Å²) in [5.74, 6) is 0.746. The number of aromatic amines is 1. The molecule has 4 rings (SSSR count). The van der Waals surface area contributed by atoms with Gasteiger partial charge in [-0.25, -0.2) is 4.79 Å². The molecule has 4 amide bonds. The number of amides is 4. The first-order valence-corrected chi connectivity index (χ1v) is 10.9. The number of nitrogens with one attached hydrogen (secondary N) is 3. The smallest absolute Gasteiger partial charge is 0.325 e. The molecule has 0 bridgehead atoms. The van der Waals surface area contributed by atoms with E-state index in [-0.39, 0.29) is 18.9 Å². The fourth-order valence-corrected chi connectivity index (χ4v) is 4.32. The van der Waals surface area contributed by atoms with Crippen LogP contribution in [0, 0.1) is 5.92 Å². The molecule has 3 N–H and O–H groups in total. The van der Waals surface area contributed by atoms with Crippen molar-refractivity contribution in [1.82, 2.24) is 25.4 Å². The number of benzene rings is 1. The van der Waals surface area contributed by atoms with Crippen molar-refractivity contribution in [2.75, 3.05) is 5.32 Å². The number of hydrogen-bond acceptors (Lipinski definition) is 5. The number of rotatable bonds is 8. The minimum absolute atomic E-state index is 0.0493. The third kappa shape index (κ3) is 5.22. The molecule has 1 aromatic heterocycles. The molecule has 2 aliphatic rings. The molecule has 1 aromatic carbocycles. The average Bonchev–Trinajstić information content (AvgIpc) is 3.47. The summed E-state index contributed by atoms with van der Waals surface area (Å²) in [6.45, 7) is 0.0493. The Balaban J connectivity index is 1.28. The van der Waals surface area contributed by atoms with Crippen molar-refractivity contribution in [2.24, 2.45) is 5.92 Å². The number of nitrogens with zero attached hydrogens (tertiary/aromatic N) is 3. The first-order chi connectivity index (χ1) is 15.0. The summed E-state index contributed by atoms with van der Waals surface area (Å²) in [5.41, 5.74) is 0.656. The lowest BCUT2D eigenvalue weighted by Crippen LogP contribution is -2.34. The molecule has 31 heavy (non-hydrogen) atoms. The minimum Gasteiger partial charge on any atom is -0.325 e. The highest BCUT2D eigenvalue weighted by molar-refractivity contribution is 6.31. The van der Waals surface area contributed by atoms with Crippen molar-refractivity contribution in [3.05, 3.63) is 40.7 Å². The molecule has 1 aliphatic heterocycles. The van der Waals surface area contributed by atoms with Crippen LogP contribution in [0.1, 0.15) is 49.9 Å². The predicted molar refractivity (Wildman–Crippen MR) is 114 cm³/mol. The van der Waals surface area contributed by atoms with Gasteiger partial charge in [0.1, 0.15) is 11.9 Å². The first kappa shape index (κ1) is 21.3. The van der Waals surface area contributed by atoms with Crippen molar-refractivity contribution in [3.63, 3.8) is 0 Å². The highest BCUT2D eigenvalue weighted by Gasteiger charge is 2.39. The van der Waals surface area contributed by atoms with Gasteiger partial charge in [-0.2, -0.15) is 4.98 Å². The molecule has 1 aliphatic carbocycles. The van der Waals surface area contributed by atoms with Gasteiger partial charge in [-0.3, -0.25) is 24.9 Å². The topological polar surface area (TPSA) is 120 Å². The van der Waals surface area contributed by atoms with Gasteiger partial charge in [-0.15, -0.1) is 5.10 Å². The van der Waals surface area contributed by atoms with E-state index in [1.54, 1.807) is 24.3 Å². The van der Waals surface area contributed by atoms with E-state index in [4.69, 9.17) is 11.6 Å². The van der Waals surface area contributed by atoms with Gasteiger partial charge in [0.15, 0.2) is 0 Å². The molecular formula is C21H25ClN6O3. The fraction of sp³-hybridized carbons (Fsp3) is 0.476. The van der Waals surface area contributed by atoms with Gasteiger partial charge in [0.05, 0.1) is 13.0 Å². The maximum Gasteiger partial charge on any atom is 0.325 e. The zero-order valence-corrected chi connectivity index (χ0v) is 17.8. The van der Waals surface area contributed by atoms with Gasteiger partial charge >= 0.3 is 6.03 Å². The fourth-order valence-electron chi connectivity index (χ4n) is 4.13. The number of hydrogen-bond donors (Lipinski definition) is 3. The van der Waals surface area contributed by atoms with Crippen LogP contribution in [-0.4, -0.2) is 44.0 Å². The van der Waals surface area contributed by atoms with E-state index in [1.165, 1.54) is 25.7 Å². The molecule has 1 saturated carbocycles. The van der Waals surface area contributed by atoms with Crippen molar-refractivity contribution in [2.45, 2.75) is 57.5 Å². The molecule has 164 valence electrons. The molecule has 1 saturated heterocycles. The van der Waals surface area contributed by atoms with Gasteiger partial charge < -0.3 is 5.32 Å². The van der Waals surface area contributed by atoms with E-state index in [1.807, 2.05) is 0 Å². The van der Waals surface area contributed by atoms with E-state index < -0.39 is 23.9 Å². The Morgan fingerprint density at radius 2 is 2.00 bits per heavy atom. The number of imide groups is 1. The van der Waals surface area contributed by atoms with Gasteiger partial charge in [0, 0.05) is 11.4 Å². The molecule has 0 radical (unpaired) electrons. The molecule has 10 heteroatoms. The van der Waals surface area contributed by atoms with Gasteiger partial charge in [-0.05, 0) is 24.0 Å². The highest BCUT2D eigenvalue weighted by Crippen LogP contribution is 2.28. The number of urea groups is 1. The van der Waals surface area contributed by atoms with E-state index >= 15 is 0 Å². The Hall–Kier alpha value is -2.94. The Bertz CT molecular complexity index is 972. The molecular weight excluding hydrogens is 420 g/mol. The first-order valence-electron chi connectivity index (χ1n) is 10.6. The van der Waals surface area contributed by atoms with Crippen LogP contribution < -0.4 is 10.6 Å². The predicted octanol–water partition coefficient (Wildman–Crippen LogP) is 3.03. The van der Waals surface area contributed by atoms with Gasteiger partial charge in [-0.1, -0.05) is 55.5 Å². The van der Waals surface area contributed by atoms with Crippen LogP contribution >= 0.6 is 11.6 Å². The van der Waals surface area contributed by atoms with Crippen LogP contribution in [0.5, 0.6) is 0 Å². The van der Waals surface area contributed by atoms with Crippen LogP contribution in [0.15, 0.2) is 24.3 Å². The Morgan fingerprint density at radius 3 is 2.77 bits per heavy atom. The summed E-state index contributed by atoms with van der Waals surface area (Å²) in [5, 5.41) is 12.5. The number of H-pyrrole nitrogens is 1. The second-order valence-corrected chi connectivity index (χ2v) is 8.47. The van der Waals surface area contributed by atoms with Gasteiger partial charge in [0.2, 0.25) is 11.9 Å². The zero-order chi connectivity index (χ0) is 21.8. The van der Waals surface area contributed by atoms with Gasteiger partial charge in [0.25, 0.3) is 5.91 Å².